The van der Waals surface area contributed by atoms with Gasteiger partial charge in [0.25, 0.3) is 0 Å². The van der Waals surface area contributed by atoms with Gasteiger partial charge in [0.2, 0.25) is 0 Å². The monoisotopic (exact) mass is 487 g/mol. The van der Waals surface area contributed by atoms with Crippen molar-refractivity contribution in [2.45, 2.75) is 13.0 Å². The van der Waals surface area contributed by atoms with Gasteiger partial charge in [-0.25, -0.2) is 9.67 Å². The van der Waals surface area contributed by atoms with Crippen LogP contribution in [0.25, 0.3) is 5.82 Å². The minimum Gasteiger partial charge on any atom is -0.385 e. The summed E-state index contributed by atoms with van der Waals surface area (Å²) in [7, 11) is 5.62. The topological polar surface area (TPSA) is 79.6 Å². The maximum atomic E-state index is 5.08. The molecule has 0 fully saturated rings. The van der Waals surface area contributed by atoms with Crippen LogP contribution in [0.15, 0.2) is 41.8 Å². The lowest BCUT2D eigenvalue weighted by molar-refractivity contribution is 0.180. The molecule has 0 unspecified atom stereocenters. The van der Waals surface area contributed by atoms with Crippen molar-refractivity contribution in [2.24, 2.45) is 4.99 Å². The first-order chi connectivity index (χ1) is 12.7. The van der Waals surface area contributed by atoms with Crippen molar-refractivity contribution in [1.29, 1.82) is 0 Å². The van der Waals surface area contributed by atoms with E-state index in [0.717, 1.165) is 50.0 Å². The van der Waals surface area contributed by atoms with Gasteiger partial charge in [0.15, 0.2) is 11.8 Å². The van der Waals surface area contributed by atoms with Crippen LogP contribution in [0.4, 0.5) is 0 Å². The maximum Gasteiger partial charge on any atom is 0.191 e. The number of likely N-dealkylation sites (N-methyl/N-ethyl adjacent to an activating group) is 1. The Labute approximate surface area is 178 Å². The second kappa shape index (κ2) is 13.4. The summed E-state index contributed by atoms with van der Waals surface area (Å²) in [6.45, 7) is 4.27. The molecule has 2 aromatic heterocycles. The van der Waals surface area contributed by atoms with Gasteiger partial charge in [-0.2, -0.15) is 5.10 Å². The van der Waals surface area contributed by atoms with Crippen LogP contribution in [0.3, 0.4) is 0 Å². The molecule has 2 N–H and O–H groups in total. The van der Waals surface area contributed by atoms with Crippen molar-refractivity contribution < 1.29 is 4.74 Å². The van der Waals surface area contributed by atoms with E-state index in [4.69, 9.17) is 4.74 Å². The molecule has 9 heteroatoms. The Morgan fingerprint density at radius 1 is 1.30 bits per heavy atom. The minimum atomic E-state index is 0. The molecule has 0 amide bonds. The van der Waals surface area contributed by atoms with E-state index in [9.17, 15) is 0 Å². The Morgan fingerprint density at radius 3 is 2.85 bits per heavy atom. The van der Waals surface area contributed by atoms with Crippen molar-refractivity contribution in [2.75, 3.05) is 47.4 Å². The number of rotatable bonds is 10. The molecule has 0 spiro atoms. The summed E-state index contributed by atoms with van der Waals surface area (Å²) in [6, 6.07) is 5.87. The quantitative estimate of drug-likeness (QED) is 0.229. The van der Waals surface area contributed by atoms with Gasteiger partial charge in [-0.1, -0.05) is 0 Å². The second-order valence-electron chi connectivity index (χ2n) is 5.98. The van der Waals surface area contributed by atoms with E-state index in [2.05, 4.69) is 37.7 Å². The first-order valence-electron chi connectivity index (χ1n) is 8.80. The molecule has 8 nitrogen and oxygen atoms in total. The third kappa shape index (κ3) is 8.67. The molecular weight excluding hydrogens is 457 g/mol. The molecule has 27 heavy (non-hydrogen) atoms. The number of nitrogens with one attached hydrogen (secondary N) is 2. The molecule has 0 radical (unpaired) electrons. The van der Waals surface area contributed by atoms with Crippen LogP contribution in [0, 0.1) is 0 Å². The summed E-state index contributed by atoms with van der Waals surface area (Å²) in [5.41, 5.74) is 1.12. The summed E-state index contributed by atoms with van der Waals surface area (Å²) >= 11 is 0. The van der Waals surface area contributed by atoms with Crippen LogP contribution in [-0.4, -0.2) is 73.1 Å². The number of guanidine groups is 1. The highest BCUT2D eigenvalue weighted by molar-refractivity contribution is 14.0. The number of methoxy groups -OCH3 is 1. The maximum absolute atomic E-state index is 5.08. The number of pyridine rings is 1. The number of aliphatic imine (C=N–C) groups is 1. The van der Waals surface area contributed by atoms with Crippen LogP contribution in [-0.2, 0) is 11.3 Å². The average Bonchev–Trinajstić information content (AvgIpc) is 3.20. The van der Waals surface area contributed by atoms with Gasteiger partial charge in [-0.15, -0.1) is 24.0 Å². The number of aromatic nitrogens is 3. The number of hydrogen-bond acceptors (Lipinski definition) is 5. The summed E-state index contributed by atoms with van der Waals surface area (Å²) < 4.78 is 6.82. The van der Waals surface area contributed by atoms with Gasteiger partial charge in [-0.3, -0.25) is 4.99 Å². The fourth-order valence-corrected chi connectivity index (χ4v) is 2.46. The Morgan fingerprint density at radius 2 is 2.15 bits per heavy atom. The molecule has 150 valence electrons. The van der Waals surface area contributed by atoms with E-state index in [0.29, 0.717) is 6.54 Å². The molecule has 0 aliphatic rings. The standard InChI is InChI=1S/C18H29N7O.HI/c1-19-18(21-9-12-24(2)10-5-13-26-3)22-15-16-6-8-20-17(14-16)25-11-4-7-23-25;/h4,6-8,11,14H,5,9-10,12-13,15H2,1-3H3,(H2,19,21,22);1H. The smallest absolute Gasteiger partial charge is 0.191 e. The van der Waals surface area contributed by atoms with Crippen LogP contribution in [0.5, 0.6) is 0 Å². The predicted octanol–water partition coefficient (Wildman–Crippen LogP) is 1.52. The number of ether oxygens (including phenoxy) is 1. The van der Waals surface area contributed by atoms with Crippen molar-refractivity contribution in [3.8, 4) is 5.82 Å². The molecule has 0 aromatic carbocycles. The summed E-state index contributed by atoms with van der Waals surface area (Å²) in [5, 5.41) is 10.9. The predicted molar refractivity (Wildman–Crippen MR) is 119 cm³/mol. The van der Waals surface area contributed by atoms with Gasteiger partial charge >= 0.3 is 0 Å². The average molecular weight is 487 g/mol. The van der Waals surface area contributed by atoms with Crippen molar-refractivity contribution in [1.82, 2.24) is 30.3 Å². The Balaban J connectivity index is 0.00000364. The zero-order chi connectivity index (χ0) is 18.6. The van der Waals surface area contributed by atoms with Crippen molar-refractivity contribution in [3.05, 3.63) is 42.4 Å². The molecule has 2 aromatic rings. The zero-order valence-electron chi connectivity index (χ0n) is 16.3. The zero-order valence-corrected chi connectivity index (χ0v) is 18.6. The first-order valence-corrected chi connectivity index (χ1v) is 8.80. The van der Waals surface area contributed by atoms with Gasteiger partial charge in [0.05, 0.1) is 0 Å². The second-order valence-corrected chi connectivity index (χ2v) is 5.98. The van der Waals surface area contributed by atoms with Gasteiger partial charge in [0, 0.05) is 65.5 Å². The number of hydrogen-bond donors (Lipinski definition) is 2. The molecule has 0 bridgehead atoms. The Hall–Kier alpha value is -1.72. The Bertz CT molecular complexity index is 663. The van der Waals surface area contributed by atoms with E-state index in [-0.39, 0.29) is 24.0 Å². The minimum absolute atomic E-state index is 0. The molecule has 0 saturated heterocycles. The van der Waals surface area contributed by atoms with Gasteiger partial charge < -0.3 is 20.3 Å². The molecule has 0 atom stereocenters. The van der Waals surface area contributed by atoms with E-state index >= 15 is 0 Å². The number of nitrogens with zero attached hydrogens (tertiary/aromatic N) is 5. The Kier molecular flexibility index (Phi) is 11.6. The van der Waals surface area contributed by atoms with Crippen molar-refractivity contribution in [3.63, 3.8) is 0 Å². The summed E-state index contributed by atoms with van der Waals surface area (Å²) in [5.74, 6) is 1.59. The van der Waals surface area contributed by atoms with Crippen LogP contribution in [0.2, 0.25) is 0 Å². The molecule has 2 rings (SSSR count). The fourth-order valence-electron chi connectivity index (χ4n) is 2.46. The molecule has 0 aliphatic heterocycles. The highest BCUT2D eigenvalue weighted by atomic mass is 127. The van der Waals surface area contributed by atoms with Crippen LogP contribution < -0.4 is 10.6 Å². The summed E-state index contributed by atoms with van der Waals surface area (Å²) in [4.78, 5) is 10.9. The third-order valence-electron chi connectivity index (χ3n) is 3.91. The largest absolute Gasteiger partial charge is 0.385 e. The molecule has 0 saturated carbocycles. The van der Waals surface area contributed by atoms with Gasteiger partial charge in [-0.05, 0) is 37.2 Å². The number of halogens is 1. The van der Waals surface area contributed by atoms with Gasteiger partial charge in [0.1, 0.15) is 0 Å². The first kappa shape index (κ1) is 23.3. The van der Waals surface area contributed by atoms with E-state index < -0.39 is 0 Å². The SMILES string of the molecule is CN=C(NCCN(C)CCCOC)NCc1ccnc(-n2cccn2)c1.I. The highest BCUT2D eigenvalue weighted by Gasteiger charge is 2.03. The lowest BCUT2D eigenvalue weighted by Gasteiger charge is -2.18. The lowest BCUT2D eigenvalue weighted by atomic mass is 10.2. The fraction of sp³-hybridized carbons (Fsp3) is 0.500. The molecule has 0 aliphatic carbocycles. The normalized spacial score (nSPS) is 11.3. The van der Waals surface area contributed by atoms with E-state index in [1.807, 2.05) is 24.4 Å². The molecule has 2 heterocycles. The third-order valence-corrected chi connectivity index (χ3v) is 3.91. The highest BCUT2D eigenvalue weighted by Crippen LogP contribution is 2.05. The lowest BCUT2D eigenvalue weighted by Crippen LogP contribution is -2.40. The summed E-state index contributed by atoms with van der Waals surface area (Å²) in [6.07, 6.45) is 6.45. The van der Waals surface area contributed by atoms with E-state index in [1.165, 1.54) is 0 Å². The van der Waals surface area contributed by atoms with Crippen molar-refractivity contribution >= 4 is 29.9 Å². The van der Waals surface area contributed by atoms with Crippen LogP contribution in [0.1, 0.15) is 12.0 Å². The molecular formula is C18H30IN7O. The van der Waals surface area contributed by atoms with E-state index in [1.54, 1.807) is 31.2 Å². The van der Waals surface area contributed by atoms with Crippen LogP contribution >= 0.6 is 24.0 Å².